The molecule has 1 N–H and O–H groups in total. The number of nitrogens with zero attached hydrogens (tertiary/aromatic N) is 4. The highest BCUT2D eigenvalue weighted by Gasteiger charge is 2.14. The molecule has 0 aliphatic heterocycles. The number of methoxy groups -OCH3 is 1. The molecule has 0 bridgehead atoms. The maximum atomic E-state index is 12.2. The highest BCUT2D eigenvalue weighted by Crippen LogP contribution is 2.23. The summed E-state index contributed by atoms with van der Waals surface area (Å²) in [6.45, 7) is 0.0860. The Morgan fingerprint density at radius 2 is 2.07 bits per heavy atom. The molecular formula is C20H16ClN5O3. The number of imidazole rings is 1. The second-order valence-electron chi connectivity index (χ2n) is 6.14. The molecule has 2 aromatic carbocycles. The Labute approximate surface area is 171 Å². The van der Waals surface area contributed by atoms with Crippen LogP contribution in [0, 0.1) is 0 Å². The molecule has 2 aromatic heterocycles. The number of ether oxygens (including phenoxy) is 1. The van der Waals surface area contributed by atoms with Gasteiger partial charge in [0.2, 0.25) is 11.7 Å². The number of nitrogens with one attached hydrogen (secondary N) is 1. The fourth-order valence-electron chi connectivity index (χ4n) is 2.67. The number of hydrogen-bond donors (Lipinski definition) is 1. The van der Waals surface area contributed by atoms with Crippen LogP contribution in [-0.4, -0.2) is 32.7 Å². The predicted octanol–water partition coefficient (Wildman–Crippen LogP) is 3.90. The summed E-state index contributed by atoms with van der Waals surface area (Å²) in [7, 11) is 1.60. The van der Waals surface area contributed by atoms with E-state index in [1.807, 2.05) is 24.3 Å². The van der Waals surface area contributed by atoms with Crippen molar-refractivity contribution >= 4 is 23.2 Å². The molecule has 0 unspecified atom stereocenters. The van der Waals surface area contributed by atoms with Gasteiger partial charge in [-0.15, -0.1) is 0 Å². The minimum atomic E-state index is -0.205. The summed E-state index contributed by atoms with van der Waals surface area (Å²) in [4.78, 5) is 20.8. The zero-order valence-corrected chi connectivity index (χ0v) is 16.1. The lowest BCUT2D eigenvalue weighted by atomic mass is 10.2. The number of benzene rings is 2. The van der Waals surface area contributed by atoms with Crippen molar-refractivity contribution in [1.82, 2.24) is 19.7 Å². The molecule has 8 nitrogen and oxygen atoms in total. The Hall–Kier alpha value is -3.65. The van der Waals surface area contributed by atoms with Crippen LogP contribution in [0.4, 0.5) is 5.69 Å². The zero-order valence-electron chi connectivity index (χ0n) is 15.4. The van der Waals surface area contributed by atoms with E-state index in [0.29, 0.717) is 28.1 Å². The Morgan fingerprint density at radius 3 is 2.83 bits per heavy atom. The highest BCUT2D eigenvalue weighted by molar-refractivity contribution is 6.30. The first-order valence-electron chi connectivity index (χ1n) is 8.66. The summed E-state index contributed by atoms with van der Waals surface area (Å²) in [5, 5.41) is 7.30. The molecule has 0 atom stereocenters. The van der Waals surface area contributed by atoms with Crippen molar-refractivity contribution in [1.29, 1.82) is 0 Å². The van der Waals surface area contributed by atoms with Crippen LogP contribution in [0.2, 0.25) is 5.02 Å². The van der Waals surface area contributed by atoms with Gasteiger partial charge in [0.1, 0.15) is 18.0 Å². The van der Waals surface area contributed by atoms with Crippen molar-refractivity contribution in [2.24, 2.45) is 0 Å². The quantitative estimate of drug-likeness (QED) is 0.519. The molecule has 0 saturated heterocycles. The van der Waals surface area contributed by atoms with E-state index in [1.54, 1.807) is 42.1 Å². The Balaban J connectivity index is 1.43. The number of amides is 1. The lowest BCUT2D eigenvalue weighted by Gasteiger charge is -2.05. The molecule has 0 spiro atoms. The van der Waals surface area contributed by atoms with Crippen LogP contribution in [0.3, 0.4) is 0 Å². The minimum Gasteiger partial charge on any atom is -0.497 e. The molecule has 4 rings (SSSR count). The monoisotopic (exact) mass is 409 g/mol. The van der Waals surface area contributed by atoms with Crippen LogP contribution >= 0.6 is 11.6 Å². The van der Waals surface area contributed by atoms with Gasteiger partial charge in [0.15, 0.2) is 0 Å². The summed E-state index contributed by atoms with van der Waals surface area (Å²) in [6, 6.07) is 14.2. The van der Waals surface area contributed by atoms with Gasteiger partial charge in [-0.2, -0.15) is 4.98 Å². The molecule has 146 valence electrons. The fourth-order valence-corrected chi connectivity index (χ4v) is 2.86. The van der Waals surface area contributed by atoms with E-state index in [-0.39, 0.29) is 12.5 Å². The number of halogens is 1. The van der Waals surface area contributed by atoms with E-state index in [9.17, 15) is 4.79 Å². The van der Waals surface area contributed by atoms with Crippen molar-refractivity contribution in [2.75, 3.05) is 12.4 Å². The van der Waals surface area contributed by atoms with Crippen LogP contribution in [0.25, 0.3) is 23.0 Å². The molecule has 2 heterocycles. The molecule has 4 aromatic rings. The predicted molar refractivity (Wildman–Crippen MR) is 108 cm³/mol. The molecule has 0 radical (unpaired) electrons. The standard InChI is InChI=1S/C20H16ClN5O3/c1-28-16-7-5-13(6-8-16)20-24-19(25-29-20)17-10-26(12-22-17)11-18(27)23-15-4-2-3-14(21)9-15/h2-10,12H,11H2,1H3,(H,23,27). The Kier molecular flexibility index (Phi) is 5.26. The normalized spacial score (nSPS) is 10.7. The summed E-state index contributed by atoms with van der Waals surface area (Å²) in [6.07, 6.45) is 3.22. The maximum Gasteiger partial charge on any atom is 0.258 e. The Bertz CT molecular complexity index is 1140. The van der Waals surface area contributed by atoms with E-state index >= 15 is 0 Å². The first-order chi connectivity index (χ1) is 14.1. The van der Waals surface area contributed by atoms with E-state index in [2.05, 4.69) is 20.4 Å². The molecule has 0 fully saturated rings. The van der Waals surface area contributed by atoms with Gasteiger partial charge in [0, 0.05) is 22.5 Å². The van der Waals surface area contributed by atoms with Crippen molar-refractivity contribution < 1.29 is 14.1 Å². The average Bonchev–Trinajstić information content (AvgIpc) is 3.37. The SMILES string of the molecule is COc1ccc(-c2nc(-c3cn(CC(=O)Nc4cccc(Cl)c4)cn3)no2)cc1. The van der Waals surface area contributed by atoms with Crippen molar-refractivity contribution in [2.45, 2.75) is 6.54 Å². The van der Waals surface area contributed by atoms with Gasteiger partial charge >= 0.3 is 0 Å². The third-order valence-corrected chi connectivity index (χ3v) is 4.29. The van der Waals surface area contributed by atoms with Crippen molar-refractivity contribution in [3.05, 3.63) is 66.1 Å². The van der Waals surface area contributed by atoms with Gasteiger partial charge in [-0.3, -0.25) is 4.79 Å². The van der Waals surface area contributed by atoms with Crippen LogP contribution in [-0.2, 0) is 11.3 Å². The third-order valence-electron chi connectivity index (χ3n) is 4.06. The lowest BCUT2D eigenvalue weighted by Crippen LogP contribution is -2.17. The van der Waals surface area contributed by atoms with E-state index in [4.69, 9.17) is 20.9 Å². The lowest BCUT2D eigenvalue weighted by molar-refractivity contribution is -0.116. The fraction of sp³-hybridized carbons (Fsp3) is 0.100. The largest absolute Gasteiger partial charge is 0.497 e. The molecular weight excluding hydrogens is 394 g/mol. The molecule has 29 heavy (non-hydrogen) atoms. The number of rotatable bonds is 6. The number of carbonyl (C=O) groups is 1. The summed E-state index contributed by atoms with van der Waals surface area (Å²) >= 11 is 5.93. The second kappa shape index (κ2) is 8.15. The maximum absolute atomic E-state index is 12.2. The topological polar surface area (TPSA) is 95.1 Å². The van der Waals surface area contributed by atoms with Crippen LogP contribution in [0.1, 0.15) is 0 Å². The smallest absolute Gasteiger partial charge is 0.258 e. The molecule has 0 saturated carbocycles. The van der Waals surface area contributed by atoms with Crippen LogP contribution in [0.15, 0.2) is 65.6 Å². The number of anilines is 1. The Morgan fingerprint density at radius 1 is 1.24 bits per heavy atom. The van der Waals surface area contributed by atoms with E-state index in [0.717, 1.165) is 11.3 Å². The summed E-state index contributed by atoms with van der Waals surface area (Å²) in [5.74, 6) is 1.24. The van der Waals surface area contributed by atoms with Crippen LogP contribution in [0.5, 0.6) is 5.75 Å². The number of aromatic nitrogens is 4. The summed E-state index contributed by atoms with van der Waals surface area (Å²) < 4.78 is 12.1. The van der Waals surface area contributed by atoms with E-state index in [1.165, 1.54) is 6.33 Å². The van der Waals surface area contributed by atoms with E-state index < -0.39 is 0 Å². The molecule has 9 heteroatoms. The minimum absolute atomic E-state index is 0.0860. The van der Waals surface area contributed by atoms with Crippen molar-refractivity contribution in [3.63, 3.8) is 0 Å². The van der Waals surface area contributed by atoms with Gasteiger partial charge in [0.25, 0.3) is 5.89 Å². The highest BCUT2D eigenvalue weighted by atomic mass is 35.5. The van der Waals surface area contributed by atoms with Gasteiger partial charge in [-0.05, 0) is 42.5 Å². The van der Waals surface area contributed by atoms with Gasteiger partial charge in [-0.1, -0.05) is 22.8 Å². The first kappa shape index (κ1) is 18.7. The van der Waals surface area contributed by atoms with Gasteiger partial charge in [-0.25, -0.2) is 4.98 Å². The third kappa shape index (κ3) is 4.44. The molecule has 0 aliphatic carbocycles. The zero-order chi connectivity index (χ0) is 20.2. The van der Waals surface area contributed by atoms with Crippen molar-refractivity contribution in [3.8, 4) is 28.7 Å². The van der Waals surface area contributed by atoms with Gasteiger partial charge < -0.3 is 19.1 Å². The number of carbonyl (C=O) groups excluding carboxylic acids is 1. The number of hydrogen-bond acceptors (Lipinski definition) is 6. The summed E-state index contributed by atoms with van der Waals surface area (Å²) in [5.41, 5.74) is 1.90. The van der Waals surface area contributed by atoms with Gasteiger partial charge in [0.05, 0.1) is 13.4 Å². The van der Waals surface area contributed by atoms with Crippen LogP contribution < -0.4 is 10.1 Å². The molecule has 0 aliphatic rings. The first-order valence-corrected chi connectivity index (χ1v) is 9.04. The molecule has 1 amide bonds. The average molecular weight is 410 g/mol. The second-order valence-corrected chi connectivity index (χ2v) is 6.58.